The van der Waals surface area contributed by atoms with Crippen LogP contribution in [0.4, 0.5) is 5.69 Å². The van der Waals surface area contributed by atoms with Gasteiger partial charge in [-0.15, -0.1) is 0 Å². The van der Waals surface area contributed by atoms with E-state index in [1.54, 1.807) is 14.2 Å². The monoisotopic (exact) mass is 363 g/mol. The minimum atomic E-state index is 0.385. The number of likely N-dealkylation sites (N-methyl/N-ethyl adjacent to an activating group) is 1. The summed E-state index contributed by atoms with van der Waals surface area (Å²) < 4.78 is 10.6. The van der Waals surface area contributed by atoms with Crippen LogP contribution >= 0.6 is 0 Å². The van der Waals surface area contributed by atoms with E-state index in [-0.39, 0.29) is 0 Å². The van der Waals surface area contributed by atoms with Crippen molar-refractivity contribution >= 4 is 11.6 Å². The van der Waals surface area contributed by atoms with Gasteiger partial charge in [-0.05, 0) is 25.1 Å². The summed E-state index contributed by atoms with van der Waals surface area (Å²) >= 11 is 0. The predicted molar refractivity (Wildman–Crippen MR) is 107 cm³/mol. The van der Waals surface area contributed by atoms with Gasteiger partial charge in [-0.2, -0.15) is 0 Å². The topological polar surface area (TPSA) is 75.3 Å². The molecule has 0 amide bonds. The average Bonchev–Trinajstić information content (AvgIpc) is 2.63. The lowest BCUT2D eigenvalue weighted by molar-refractivity contribution is 0.0926. The summed E-state index contributed by atoms with van der Waals surface area (Å²) in [6, 6.07) is 5.92. The van der Waals surface area contributed by atoms with Crippen LogP contribution in [0.1, 0.15) is 13.8 Å². The minimum Gasteiger partial charge on any atom is -0.497 e. The number of hydrogen-bond donors (Lipinski definition) is 2. The highest BCUT2D eigenvalue weighted by Crippen LogP contribution is 2.28. The molecule has 2 rings (SSSR count). The summed E-state index contributed by atoms with van der Waals surface area (Å²) in [5.74, 6) is 2.33. The molecule has 1 heterocycles. The van der Waals surface area contributed by atoms with E-state index in [9.17, 15) is 0 Å². The fraction of sp³-hybridized carbons (Fsp3) is 0.632. The molecule has 0 spiro atoms. The predicted octanol–water partition coefficient (Wildman–Crippen LogP) is 1.70. The van der Waals surface area contributed by atoms with Crippen LogP contribution in [0.2, 0.25) is 0 Å². The molecule has 3 N–H and O–H groups in total. The number of nitrogens with zero attached hydrogens (tertiary/aromatic N) is 3. The molecule has 0 aliphatic carbocycles. The van der Waals surface area contributed by atoms with Crippen LogP contribution in [0.5, 0.6) is 11.5 Å². The molecule has 7 nitrogen and oxygen atoms in total. The molecule has 1 aromatic carbocycles. The zero-order valence-electron chi connectivity index (χ0n) is 16.7. The van der Waals surface area contributed by atoms with Crippen LogP contribution in [0.15, 0.2) is 23.2 Å². The number of hydrogen-bond acceptors (Lipinski definition) is 5. The molecule has 1 unspecified atom stereocenters. The van der Waals surface area contributed by atoms with Gasteiger partial charge in [0, 0.05) is 38.3 Å². The largest absolute Gasteiger partial charge is 0.497 e. The number of nitrogens with one attached hydrogen (secondary N) is 1. The van der Waals surface area contributed by atoms with E-state index in [0.29, 0.717) is 30.2 Å². The highest BCUT2D eigenvalue weighted by molar-refractivity contribution is 5.94. The summed E-state index contributed by atoms with van der Waals surface area (Å²) in [7, 11) is 5.43. The molecule has 0 aromatic heterocycles. The van der Waals surface area contributed by atoms with Gasteiger partial charge in [-0.1, -0.05) is 13.8 Å². The third-order valence-corrected chi connectivity index (χ3v) is 4.89. The Balaban J connectivity index is 2.03. The van der Waals surface area contributed by atoms with E-state index in [1.165, 1.54) is 0 Å². The normalized spacial score (nSPS) is 18.0. The molecule has 0 bridgehead atoms. The fourth-order valence-corrected chi connectivity index (χ4v) is 3.18. The number of anilines is 1. The Morgan fingerprint density at radius 1 is 1.19 bits per heavy atom. The lowest BCUT2D eigenvalue weighted by atomic mass is 10.0. The van der Waals surface area contributed by atoms with Crippen LogP contribution < -0.4 is 20.5 Å². The highest BCUT2D eigenvalue weighted by atomic mass is 16.5. The Kier molecular flexibility index (Phi) is 7.53. The Morgan fingerprint density at radius 2 is 1.88 bits per heavy atom. The number of piperazine rings is 1. The van der Waals surface area contributed by atoms with Crippen LogP contribution in [0.25, 0.3) is 0 Å². The summed E-state index contributed by atoms with van der Waals surface area (Å²) in [5, 5.41) is 3.14. The van der Waals surface area contributed by atoms with Crippen molar-refractivity contribution in [3.8, 4) is 11.5 Å². The van der Waals surface area contributed by atoms with Gasteiger partial charge in [-0.3, -0.25) is 9.89 Å². The van der Waals surface area contributed by atoms with E-state index in [4.69, 9.17) is 15.2 Å². The molecule has 1 aliphatic heterocycles. The van der Waals surface area contributed by atoms with Crippen molar-refractivity contribution in [2.24, 2.45) is 16.6 Å². The number of guanidine groups is 1. The molecule has 0 radical (unpaired) electrons. The highest BCUT2D eigenvalue weighted by Gasteiger charge is 2.24. The van der Waals surface area contributed by atoms with Crippen molar-refractivity contribution in [1.82, 2.24) is 9.80 Å². The third kappa shape index (κ3) is 5.51. The van der Waals surface area contributed by atoms with Crippen molar-refractivity contribution in [3.63, 3.8) is 0 Å². The van der Waals surface area contributed by atoms with E-state index in [1.807, 2.05) is 18.2 Å². The molecule has 1 aliphatic rings. The van der Waals surface area contributed by atoms with Gasteiger partial charge in [-0.25, -0.2) is 0 Å². The Bertz CT molecular complexity index is 598. The van der Waals surface area contributed by atoms with E-state index in [2.05, 4.69) is 41.0 Å². The van der Waals surface area contributed by atoms with Crippen molar-refractivity contribution in [2.75, 3.05) is 59.3 Å². The van der Waals surface area contributed by atoms with E-state index < -0.39 is 0 Å². The molecule has 7 heteroatoms. The first-order chi connectivity index (χ1) is 12.4. The molecule has 26 heavy (non-hydrogen) atoms. The van der Waals surface area contributed by atoms with E-state index in [0.717, 1.165) is 37.6 Å². The molecule has 1 saturated heterocycles. The quantitative estimate of drug-likeness (QED) is 0.567. The smallest absolute Gasteiger partial charge is 0.193 e. The Morgan fingerprint density at radius 3 is 2.46 bits per heavy atom. The Hall–Kier alpha value is -1.99. The Labute approximate surface area is 157 Å². The maximum Gasteiger partial charge on any atom is 0.193 e. The number of benzene rings is 1. The molecular formula is C19H33N5O2. The van der Waals surface area contributed by atoms with Gasteiger partial charge in [0.25, 0.3) is 0 Å². The first-order valence-corrected chi connectivity index (χ1v) is 9.16. The van der Waals surface area contributed by atoms with Gasteiger partial charge < -0.3 is 25.4 Å². The molecule has 1 atom stereocenters. The van der Waals surface area contributed by atoms with Crippen LogP contribution in [0.3, 0.4) is 0 Å². The number of nitrogens with two attached hydrogens (primary N) is 1. The minimum absolute atomic E-state index is 0.385. The standard InChI is InChI=1S/C19H33N5O2/c1-14(2)17(24-10-8-23(3)9-11-24)13-21-19(20)22-16-12-15(25-4)6-7-18(16)26-5/h6-7,12,14,17H,8-11,13H2,1-5H3,(H3,20,21,22). The maximum atomic E-state index is 6.14. The maximum absolute atomic E-state index is 6.14. The summed E-state index contributed by atoms with van der Waals surface area (Å²) in [6.45, 7) is 9.51. The second kappa shape index (κ2) is 9.64. The number of rotatable bonds is 7. The summed E-state index contributed by atoms with van der Waals surface area (Å²) in [6.07, 6.45) is 0. The van der Waals surface area contributed by atoms with Crippen LogP contribution in [-0.4, -0.2) is 75.8 Å². The van der Waals surface area contributed by atoms with Gasteiger partial charge >= 0.3 is 0 Å². The van der Waals surface area contributed by atoms with Crippen molar-refractivity contribution in [3.05, 3.63) is 18.2 Å². The van der Waals surface area contributed by atoms with Gasteiger partial charge in [0.05, 0.1) is 26.5 Å². The molecule has 146 valence electrons. The zero-order chi connectivity index (χ0) is 19.1. The number of ether oxygens (including phenoxy) is 2. The molecular weight excluding hydrogens is 330 g/mol. The number of methoxy groups -OCH3 is 2. The first kappa shape index (κ1) is 20.3. The van der Waals surface area contributed by atoms with Gasteiger partial charge in [0.15, 0.2) is 5.96 Å². The molecule has 0 saturated carbocycles. The molecule has 1 fully saturated rings. The van der Waals surface area contributed by atoms with Crippen LogP contribution in [0, 0.1) is 5.92 Å². The van der Waals surface area contributed by atoms with Crippen molar-refractivity contribution in [2.45, 2.75) is 19.9 Å². The van der Waals surface area contributed by atoms with Gasteiger partial charge in [0.1, 0.15) is 11.5 Å². The van der Waals surface area contributed by atoms with E-state index >= 15 is 0 Å². The summed E-state index contributed by atoms with van der Waals surface area (Å²) in [4.78, 5) is 9.48. The first-order valence-electron chi connectivity index (χ1n) is 9.16. The summed E-state index contributed by atoms with van der Waals surface area (Å²) in [5.41, 5.74) is 6.88. The molecule has 1 aromatic rings. The zero-order valence-corrected chi connectivity index (χ0v) is 16.7. The average molecular weight is 364 g/mol. The SMILES string of the molecule is COc1ccc(OC)c(NC(N)=NCC(C(C)C)N2CCN(C)CC2)c1. The second-order valence-corrected chi connectivity index (χ2v) is 7.07. The number of aliphatic imine (C=N–C) groups is 1. The van der Waals surface area contributed by atoms with Gasteiger partial charge in [0.2, 0.25) is 0 Å². The third-order valence-electron chi connectivity index (χ3n) is 4.89. The van der Waals surface area contributed by atoms with Crippen LogP contribution in [-0.2, 0) is 0 Å². The fourth-order valence-electron chi connectivity index (χ4n) is 3.18. The lowest BCUT2D eigenvalue weighted by Crippen LogP contribution is -2.51. The van der Waals surface area contributed by atoms with Crippen molar-refractivity contribution < 1.29 is 9.47 Å². The van der Waals surface area contributed by atoms with Crippen molar-refractivity contribution in [1.29, 1.82) is 0 Å². The lowest BCUT2D eigenvalue weighted by Gasteiger charge is -2.39. The second-order valence-electron chi connectivity index (χ2n) is 7.07.